The Labute approximate surface area is 117 Å². The Kier molecular flexibility index (Phi) is 6.43. The van der Waals surface area contributed by atoms with Crippen LogP contribution < -0.4 is 0 Å². The van der Waals surface area contributed by atoms with Crippen molar-refractivity contribution in [1.29, 1.82) is 0 Å². The highest BCUT2D eigenvalue weighted by atomic mass is 16.5. The fourth-order valence-electron chi connectivity index (χ4n) is 1.66. The van der Waals surface area contributed by atoms with Gasteiger partial charge in [-0.2, -0.15) is 0 Å². The number of carboxylic acid groups (broad SMARTS) is 1. The number of carbonyl (C=O) groups is 3. The number of carbonyl (C=O) groups excluding carboxylic acids is 2. The number of carboxylic acids is 1. The standard InChI is InChI=1S/C15H18O5/c1-2-13(16)8-12(15(18)19)9-14(17)20-10-11-6-4-3-5-7-11/h3-7,12H,2,8-10H2,1H3,(H,18,19)/t12-/m1/s1. The van der Waals surface area contributed by atoms with Crippen LogP contribution in [0.5, 0.6) is 0 Å². The largest absolute Gasteiger partial charge is 0.481 e. The van der Waals surface area contributed by atoms with Crippen LogP contribution in [0.1, 0.15) is 31.7 Å². The summed E-state index contributed by atoms with van der Waals surface area (Å²) < 4.78 is 5.01. The molecule has 0 aromatic heterocycles. The highest BCUT2D eigenvalue weighted by Crippen LogP contribution is 2.13. The topological polar surface area (TPSA) is 80.7 Å². The Morgan fingerprint density at radius 2 is 1.80 bits per heavy atom. The molecular formula is C15H18O5. The molecule has 5 heteroatoms. The van der Waals surface area contributed by atoms with E-state index in [1.807, 2.05) is 30.3 Å². The van der Waals surface area contributed by atoms with E-state index in [0.29, 0.717) is 0 Å². The molecule has 0 aliphatic carbocycles. The predicted octanol–water partition coefficient (Wildman–Crippen LogP) is 2.19. The van der Waals surface area contributed by atoms with Gasteiger partial charge >= 0.3 is 11.9 Å². The Morgan fingerprint density at radius 3 is 2.35 bits per heavy atom. The summed E-state index contributed by atoms with van der Waals surface area (Å²) in [4.78, 5) is 33.9. The molecular weight excluding hydrogens is 260 g/mol. The summed E-state index contributed by atoms with van der Waals surface area (Å²) in [5, 5.41) is 8.99. The molecule has 0 saturated heterocycles. The summed E-state index contributed by atoms with van der Waals surface area (Å²) in [6.45, 7) is 1.77. The molecule has 1 rings (SSSR count). The van der Waals surface area contributed by atoms with Crippen LogP contribution in [0.2, 0.25) is 0 Å². The SMILES string of the molecule is CCC(=O)C[C@H](CC(=O)OCc1ccccc1)C(=O)O. The molecule has 1 aromatic carbocycles. The minimum Gasteiger partial charge on any atom is -0.481 e. The molecule has 0 spiro atoms. The van der Waals surface area contributed by atoms with E-state index in [-0.39, 0.29) is 31.7 Å². The Bertz CT molecular complexity index is 466. The molecule has 0 unspecified atom stereocenters. The first-order valence-electron chi connectivity index (χ1n) is 6.47. The molecule has 5 nitrogen and oxygen atoms in total. The van der Waals surface area contributed by atoms with E-state index in [2.05, 4.69) is 0 Å². The van der Waals surface area contributed by atoms with Crippen LogP contribution in [-0.4, -0.2) is 22.8 Å². The van der Waals surface area contributed by atoms with Crippen LogP contribution in [0.15, 0.2) is 30.3 Å². The Morgan fingerprint density at radius 1 is 1.15 bits per heavy atom. The van der Waals surface area contributed by atoms with Crippen LogP contribution in [0.25, 0.3) is 0 Å². The van der Waals surface area contributed by atoms with Gasteiger partial charge in [0.25, 0.3) is 0 Å². The zero-order valence-corrected chi connectivity index (χ0v) is 11.4. The molecule has 0 bridgehead atoms. The number of hydrogen-bond acceptors (Lipinski definition) is 4. The van der Waals surface area contributed by atoms with Crippen molar-refractivity contribution >= 4 is 17.7 Å². The maximum Gasteiger partial charge on any atom is 0.307 e. The summed E-state index contributed by atoms with van der Waals surface area (Å²) in [5.41, 5.74) is 0.831. The van der Waals surface area contributed by atoms with Crippen LogP contribution in [-0.2, 0) is 25.7 Å². The third-order valence-corrected chi connectivity index (χ3v) is 2.87. The first kappa shape index (κ1) is 15.9. The number of rotatable bonds is 8. The van der Waals surface area contributed by atoms with E-state index in [0.717, 1.165) is 5.56 Å². The Hall–Kier alpha value is -2.17. The molecule has 0 saturated carbocycles. The van der Waals surface area contributed by atoms with E-state index in [1.54, 1.807) is 6.92 Å². The second kappa shape index (κ2) is 8.09. The summed E-state index contributed by atoms with van der Waals surface area (Å²) in [6.07, 6.45) is -0.150. The van der Waals surface area contributed by atoms with Crippen molar-refractivity contribution in [3.63, 3.8) is 0 Å². The molecule has 108 valence electrons. The van der Waals surface area contributed by atoms with Crippen molar-refractivity contribution in [3.8, 4) is 0 Å². The van der Waals surface area contributed by atoms with Crippen LogP contribution in [0, 0.1) is 5.92 Å². The molecule has 0 amide bonds. The zero-order chi connectivity index (χ0) is 15.0. The van der Waals surface area contributed by atoms with Gasteiger partial charge in [-0.25, -0.2) is 0 Å². The Balaban J connectivity index is 2.46. The van der Waals surface area contributed by atoms with E-state index in [4.69, 9.17) is 9.84 Å². The van der Waals surface area contributed by atoms with Crippen molar-refractivity contribution in [2.24, 2.45) is 5.92 Å². The van der Waals surface area contributed by atoms with Gasteiger partial charge in [-0.05, 0) is 5.56 Å². The van der Waals surface area contributed by atoms with Gasteiger partial charge in [-0.3, -0.25) is 14.4 Å². The van der Waals surface area contributed by atoms with E-state index in [1.165, 1.54) is 0 Å². The van der Waals surface area contributed by atoms with Gasteiger partial charge in [0.1, 0.15) is 12.4 Å². The summed E-state index contributed by atoms with van der Waals surface area (Å²) in [6, 6.07) is 9.11. The van der Waals surface area contributed by atoms with Crippen molar-refractivity contribution in [1.82, 2.24) is 0 Å². The molecule has 1 N–H and O–H groups in total. The number of aliphatic carboxylic acids is 1. The summed E-state index contributed by atoms with van der Waals surface area (Å²) in [5.74, 6) is -2.94. The molecule has 0 fully saturated rings. The average molecular weight is 278 g/mol. The highest BCUT2D eigenvalue weighted by Gasteiger charge is 2.24. The lowest BCUT2D eigenvalue weighted by Gasteiger charge is -2.11. The van der Waals surface area contributed by atoms with Gasteiger partial charge < -0.3 is 9.84 Å². The van der Waals surface area contributed by atoms with Gasteiger partial charge in [-0.15, -0.1) is 0 Å². The molecule has 1 aromatic rings. The lowest BCUT2D eigenvalue weighted by molar-refractivity contribution is -0.153. The third-order valence-electron chi connectivity index (χ3n) is 2.87. The van der Waals surface area contributed by atoms with Gasteiger partial charge in [0.15, 0.2) is 0 Å². The fraction of sp³-hybridized carbons (Fsp3) is 0.400. The quantitative estimate of drug-likeness (QED) is 0.737. The lowest BCUT2D eigenvalue weighted by atomic mass is 9.98. The van der Waals surface area contributed by atoms with Crippen molar-refractivity contribution in [3.05, 3.63) is 35.9 Å². The normalized spacial score (nSPS) is 11.7. The number of ketones is 1. The van der Waals surface area contributed by atoms with E-state index < -0.39 is 17.9 Å². The number of Topliss-reactive ketones (excluding diaryl/α,β-unsaturated/α-hetero) is 1. The van der Waals surface area contributed by atoms with Gasteiger partial charge in [0, 0.05) is 12.8 Å². The van der Waals surface area contributed by atoms with Crippen LogP contribution >= 0.6 is 0 Å². The smallest absolute Gasteiger partial charge is 0.307 e. The lowest BCUT2D eigenvalue weighted by Crippen LogP contribution is -2.22. The van der Waals surface area contributed by atoms with Crippen LogP contribution in [0.3, 0.4) is 0 Å². The average Bonchev–Trinajstić information content (AvgIpc) is 2.45. The predicted molar refractivity (Wildman–Crippen MR) is 71.9 cm³/mol. The molecule has 20 heavy (non-hydrogen) atoms. The van der Waals surface area contributed by atoms with Crippen molar-refractivity contribution in [2.45, 2.75) is 32.8 Å². The van der Waals surface area contributed by atoms with Gasteiger partial charge in [0.05, 0.1) is 12.3 Å². The second-order valence-electron chi connectivity index (χ2n) is 4.48. The zero-order valence-electron chi connectivity index (χ0n) is 11.4. The fourth-order valence-corrected chi connectivity index (χ4v) is 1.66. The first-order chi connectivity index (χ1) is 9.52. The van der Waals surface area contributed by atoms with Crippen LogP contribution in [0.4, 0.5) is 0 Å². The molecule has 1 atom stereocenters. The number of benzene rings is 1. The molecule has 0 aliphatic heterocycles. The highest BCUT2D eigenvalue weighted by molar-refractivity contribution is 5.86. The minimum atomic E-state index is -1.15. The van der Waals surface area contributed by atoms with E-state index in [9.17, 15) is 14.4 Å². The molecule has 0 aliphatic rings. The number of hydrogen-bond donors (Lipinski definition) is 1. The first-order valence-corrected chi connectivity index (χ1v) is 6.47. The van der Waals surface area contributed by atoms with Gasteiger partial charge in [0.2, 0.25) is 0 Å². The van der Waals surface area contributed by atoms with Crippen molar-refractivity contribution < 1.29 is 24.2 Å². The summed E-state index contributed by atoms with van der Waals surface area (Å²) >= 11 is 0. The number of ether oxygens (including phenoxy) is 1. The maximum absolute atomic E-state index is 11.6. The number of esters is 1. The maximum atomic E-state index is 11.6. The third kappa shape index (κ3) is 5.65. The molecule has 0 radical (unpaired) electrons. The monoisotopic (exact) mass is 278 g/mol. The van der Waals surface area contributed by atoms with E-state index >= 15 is 0 Å². The minimum absolute atomic E-state index is 0.105. The van der Waals surface area contributed by atoms with Gasteiger partial charge in [-0.1, -0.05) is 37.3 Å². The molecule has 0 heterocycles. The summed E-state index contributed by atoms with van der Waals surface area (Å²) in [7, 11) is 0. The second-order valence-corrected chi connectivity index (χ2v) is 4.48. The van der Waals surface area contributed by atoms with Crippen molar-refractivity contribution in [2.75, 3.05) is 0 Å².